The van der Waals surface area contributed by atoms with E-state index in [9.17, 15) is 9.59 Å². The van der Waals surface area contributed by atoms with E-state index < -0.39 is 0 Å². The Labute approximate surface area is 164 Å². The Hall–Kier alpha value is -2.77. The zero-order valence-electron chi connectivity index (χ0n) is 16.5. The van der Waals surface area contributed by atoms with E-state index in [1.165, 1.54) is 0 Å². The fourth-order valence-corrected chi connectivity index (χ4v) is 4.08. The van der Waals surface area contributed by atoms with Gasteiger partial charge in [-0.25, -0.2) is 0 Å². The van der Waals surface area contributed by atoms with Gasteiger partial charge in [0.25, 0.3) is 5.91 Å². The fourth-order valence-electron chi connectivity index (χ4n) is 4.08. The van der Waals surface area contributed by atoms with Gasteiger partial charge in [0.2, 0.25) is 5.91 Å². The molecular weight excluding hydrogens is 356 g/mol. The highest BCUT2D eigenvalue weighted by Crippen LogP contribution is 2.31. The molecule has 2 aromatic rings. The van der Waals surface area contributed by atoms with Gasteiger partial charge in [-0.05, 0) is 38.3 Å². The van der Waals surface area contributed by atoms with Crippen molar-refractivity contribution >= 4 is 11.8 Å². The number of carbonyl (C=O) groups excluding carboxylic acids is 2. The highest BCUT2D eigenvalue weighted by molar-refractivity contribution is 5.93. The molecule has 0 saturated carbocycles. The molecule has 148 valence electrons. The van der Waals surface area contributed by atoms with Gasteiger partial charge in [-0.1, -0.05) is 6.92 Å². The number of aryl methyl sites for hydroxylation is 1. The van der Waals surface area contributed by atoms with E-state index >= 15 is 0 Å². The summed E-state index contributed by atoms with van der Waals surface area (Å²) < 4.78 is 2.10. The lowest BCUT2D eigenvalue weighted by Gasteiger charge is -2.36. The number of carbonyl (C=O) groups is 2. The maximum atomic E-state index is 12.8. The average Bonchev–Trinajstić information content (AvgIpc) is 3.16. The molecule has 4 heterocycles. The van der Waals surface area contributed by atoms with E-state index in [0.29, 0.717) is 31.6 Å². The van der Waals surface area contributed by atoms with Crippen LogP contribution in [0.15, 0.2) is 18.3 Å². The molecule has 2 aliphatic rings. The number of aromatic nitrogens is 4. The van der Waals surface area contributed by atoms with Crippen LogP contribution in [0.4, 0.5) is 0 Å². The second-order valence-electron chi connectivity index (χ2n) is 7.49. The molecule has 0 aromatic carbocycles. The van der Waals surface area contributed by atoms with Gasteiger partial charge >= 0.3 is 0 Å². The van der Waals surface area contributed by atoms with Gasteiger partial charge in [-0.15, -0.1) is 10.2 Å². The summed E-state index contributed by atoms with van der Waals surface area (Å²) in [5.74, 6) is 1.77. The zero-order chi connectivity index (χ0) is 19.7. The first-order valence-corrected chi connectivity index (χ1v) is 10.0. The molecule has 2 aliphatic heterocycles. The van der Waals surface area contributed by atoms with Crippen molar-refractivity contribution in [2.75, 3.05) is 13.1 Å². The number of nitrogens with zero attached hydrogens (tertiary/aromatic N) is 6. The normalized spacial score (nSPS) is 19.4. The Kier molecular flexibility index (Phi) is 5.11. The fraction of sp³-hybridized carbons (Fsp3) is 0.550. The molecule has 1 fully saturated rings. The number of hydrogen-bond donors (Lipinski definition) is 0. The van der Waals surface area contributed by atoms with Gasteiger partial charge in [0.05, 0.1) is 18.2 Å². The third-order valence-corrected chi connectivity index (χ3v) is 5.65. The third kappa shape index (κ3) is 3.39. The highest BCUT2D eigenvalue weighted by Gasteiger charge is 2.33. The highest BCUT2D eigenvalue weighted by atomic mass is 16.2. The van der Waals surface area contributed by atoms with Crippen LogP contribution in [0.5, 0.6) is 0 Å². The summed E-state index contributed by atoms with van der Waals surface area (Å²) in [7, 11) is 0. The van der Waals surface area contributed by atoms with E-state index in [2.05, 4.69) is 19.7 Å². The minimum Gasteiger partial charge on any atom is -0.332 e. The maximum absolute atomic E-state index is 12.8. The maximum Gasteiger partial charge on any atom is 0.255 e. The molecule has 0 N–H and O–H groups in total. The van der Waals surface area contributed by atoms with Gasteiger partial charge in [0.15, 0.2) is 11.6 Å². The lowest BCUT2D eigenvalue weighted by atomic mass is 10.0. The summed E-state index contributed by atoms with van der Waals surface area (Å²) >= 11 is 0. The second kappa shape index (κ2) is 7.69. The molecular formula is C20H26N6O2. The van der Waals surface area contributed by atoms with Crippen LogP contribution in [0.1, 0.15) is 66.3 Å². The first kappa shape index (κ1) is 18.6. The molecule has 28 heavy (non-hydrogen) atoms. The predicted molar refractivity (Wildman–Crippen MR) is 102 cm³/mol. The molecule has 1 unspecified atom stereocenters. The molecule has 2 aromatic heterocycles. The van der Waals surface area contributed by atoms with E-state index in [4.69, 9.17) is 0 Å². The van der Waals surface area contributed by atoms with Gasteiger partial charge in [-0.2, -0.15) is 0 Å². The summed E-state index contributed by atoms with van der Waals surface area (Å²) in [6, 6.07) is 3.65. The van der Waals surface area contributed by atoms with Gasteiger partial charge in [0.1, 0.15) is 0 Å². The van der Waals surface area contributed by atoms with Crippen LogP contribution in [0.25, 0.3) is 0 Å². The van der Waals surface area contributed by atoms with Crippen LogP contribution in [-0.2, 0) is 17.9 Å². The Morgan fingerprint density at radius 1 is 1.14 bits per heavy atom. The van der Waals surface area contributed by atoms with Crippen molar-refractivity contribution in [2.45, 2.75) is 58.7 Å². The van der Waals surface area contributed by atoms with Gasteiger partial charge in [-0.3, -0.25) is 14.6 Å². The summed E-state index contributed by atoms with van der Waals surface area (Å²) in [4.78, 5) is 33.1. The molecule has 1 atom stereocenters. The van der Waals surface area contributed by atoms with Crippen molar-refractivity contribution in [3.8, 4) is 0 Å². The van der Waals surface area contributed by atoms with Crippen molar-refractivity contribution < 1.29 is 9.59 Å². The predicted octanol–water partition coefficient (Wildman–Crippen LogP) is 2.10. The van der Waals surface area contributed by atoms with Crippen molar-refractivity contribution in [1.82, 2.24) is 29.5 Å². The Bertz CT molecular complexity index is 875. The second-order valence-corrected chi connectivity index (χ2v) is 7.49. The summed E-state index contributed by atoms with van der Waals surface area (Å²) in [5.41, 5.74) is 1.48. The Balaban J connectivity index is 1.54. The number of pyridine rings is 1. The Morgan fingerprint density at radius 3 is 2.75 bits per heavy atom. The number of hydrogen-bond acceptors (Lipinski definition) is 5. The molecule has 1 saturated heterocycles. The molecule has 4 rings (SSSR count). The van der Waals surface area contributed by atoms with Crippen molar-refractivity contribution in [3.05, 3.63) is 41.2 Å². The minimum atomic E-state index is -0.0382. The molecule has 8 heteroatoms. The van der Waals surface area contributed by atoms with E-state index in [0.717, 1.165) is 43.1 Å². The molecule has 0 aliphatic carbocycles. The molecule has 0 spiro atoms. The quantitative estimate of drug-likeness (QED) is 0.812. The largest absolute Gasteiger partial charge is 0.332 e. The van der Waals surface area contributed by atoms with Crippen LogP contribution in [0.2, 0.25) is 0 Å². The number of amides is 2. The molecule has 0 radical (unpaired) electrons. The average molecular weight is 382 g/mol. The summed E-state index contributed by atoms with van der Waals surface area (Å²) in [6.07, 6.45) is 5.17. The molecule has 8 nitrogen and oxygen atoms in total. The number of piperidine rings is 1. The smallest absolute Gasteiger partial charge is 0.255 e. The lowest BCUT2D eigenvalue weighted by Crippen LogP contribution is -2.42. The van der Waals surface area contributed by atoms with Gasteiger partial charge < -0.3 is 14.4 Å². The first-order chi connectivity index (χ1) is 13.6. The summed E-state index contributed by atoms with van der Waals surface area (Å²) in [5, 5.41) is 8.79. The third-order valence-electron chi connectivity index (χ3n) is 5.65. The number of likely N-dealkylation sites (tertiary alicyclic amines) is 1. The van der Waals surface area contributed by atoms with Crippen molar-refractivity contribution in [3.63, 3.8) is 0 Å². The van der Waals surface area contributed by atoms with Crippen LogP contribution >= 0.6 is 0 Å². The molecule has 0 bridgehead atoms. The number of fused-ring (bicyclic) bond motifs is 1. The monoisotopic (exact) mass is 382 g/mol. The lowest BCUT2D eigenvalue weighted by molar-refractivity contribution is -0.135. The van der Waals surface area contributed by atoms with Crippen LogP contribution in [0, 0.1) is 6.92 Å². The van der Waals surface area contributed by atoms with Crippen LogP contribution < -0.4 is 0 Å². The zero-order valence-corrected chi connectivity index (χ0v) is 16.5. The van der Waals surface area contributed by atoms with E-state index in [1.807, 2.05) is 30.9 Å². The van der Waals surface area contributed by atoms with Crippen LogP contribution in [0.3, 0.4) is 0 Å². The van der Waals surface area contributed by atoms with E-state index in [-0.39, 0.29) is 17.9 Å². The minimum absolute atomic E-state index is 0.00833. The van der Waals surface area contributed by atoms with E-state index in [1.54, 1.807) is 11.1 Å². The SMILES string of the molecule is CCC(=O)N1CCCCC1c1nnc2n1CCN(C(=O)c1ccc(C)nc1)C2. The van der Waals surface area contributed by atoms with Crippen molar-refractivity contribution in [2.24, 2.45) is 0 Å². The van der Waals surface area contributed by atoms with Gasteiger partial charge in [0, 0.05) is 37.9 Å². The first-order valence-electron chi connectivity index (χ1n) is 10.0. The topological polar surface area (TPSA) is 84.2 Å². The summed E-state index contributed by atoms with van der Waals surface area (Å²) in [6.45, 7) is 6.25. The van der Waals surface area contributed by atoms with Crippen LogP contribution in [-0.4, -0.2) is 54.5 Å². The standard InChI is InChI=1S/C20H26N6O2/c1-3-18(27)25-9-5-4-6-16(25)19-23-22-17-13-24(10-11-26(17)19)20(28)15-8-7-14(2)21-12-15/h7-8,12,16H,3-6,9-11,13H2,1-2H3. The molecule has 2 amide bonds. The van der Waals surface area contributed by atoms with Crippen molar-refractivity contribution in [1.29, 1.82) is 0 Å². The number of rotatable bonds is 3. The Morgan fingerprint density at radius 2 is 2.00 bits per heavy atom.